The Kier molecular flexibility index (Phi) is 6.15. The van der Waals surface area contributed by atoms with Crippen LogP contribution in [0, 0.1) is 5.41 Å². The van der Waals surface area contributed by atoms with E-state index in [-0.39, 0.29) is 5.78 Å². The first-order valence-corrected chi connectivity index (χ1v) is 8.59. The summed E-state index contributed by atoms with van der Waals surface area (Å²) in [4.78, 5) is 12.6. The molecule has 122 valence electrons. The maximum Gasteiger partial charge on any atom is 0.163 e. The second-order valence-electron chi connectivity index (χ2n) is 7.55. The Bertz CT molecular complexity index is 593. The molecule has 2 rings (SSSR count). The number of hydrogen-bond donors (Lipinski definition) is 0. The van der Waals surface area contributed by atoms with Gasteiger partial charge in [-0.15, -0.1) is 0 Å². The normalized spacial score (nSPS) is 12.8. The van der Waals surface area contributed by atoms with Gasteiger partial charge in [-0.3, -0.25) is 4.79 Å². The zero-order valence-electron chi connectivity index (χ0n) is 14.6. The van der Waals surface area contributed by atoms with Crippen LogP contribution in [-0.2, 0) is 0 Å². The minimum absolute atomic E-state index is 0.246. The van der Waals surface area contributed by atoms with Crippen LogP contribution in [0.1, 0.15) is 68.3 Å². The van der Waals surface area contributed by atoms with Gasteiger partial charge in [-0.2, -0.15) is 0 Å². The molecular formula is C22H28O. The molecule has 0 heterocycles. The summed E-state index contributed by atoms with van der Waals surface area (Å²) in [5.41, 5.74) is 2.46. The van der Waals surface area contributed by atoms with Gasteiger partial charge in [0, 0.05) is 12.0 Å². The number of carbonyl (C=O) groups is 1. The summed E-state index contributed by atoms with van der Waals surface area (Å²) < 4.78 is 0. The summed E-state index contributed by atoms with van der Waals surface area (Å²) in [5, 5.41) is 0. The number of hydrogen-bond acceptors (Lipinski definition) is 1. The SMILES string of the molecule is CC(C)(C)CCCC(CC(=O)c1ccccc1)c1ccccc1. The number of ketones is 1. The molecule has 0 aromatic heterocycles. The first-order valence-electron chi connectivity index (χ1n) is 8.59. The van der Waals surface area contributed by atoms with Crippen molar-refractivity contribution in [2.45, 2.75) is 52.4 Å². The number of carbonyl (C=O) groups excluding carboxylic acids is 1. The van der Waals surface area contributed by atoms with Crippen molar-refractivity contribution in [1.29, 1.82) is 0 Å². The lowest BCUT2D eigenvalue weighted by atomic mass is 9.83. The molecule has 0 saturated heterocycles. The Balaban J connectivity index is 2.06. The Morgan fingerprint density at radius 2 is 1.48 bits per heavy atom. The van der Waals surface area contributed by atoms with Crippen LogP contribution in [0.4, 0.5) is 0 Å². The molecule has 0 saturated carbocycles. The van der Waals surface area contributed by atoms with Crippen LogP contribution in [-0.4, -0.2) is 5.78 Å². The van der Waals surface area contributed by atoms with Crippen molar-refractivity contribution >= 4 is 5.78 Å². The lowest BCUT2D eigenvalue weighted by molar-refractivity contribution is 0.0971. The van der Waals surface area contributed by atoms with Gasteiger partial charge in [-0.05, 0) is 29.7 Å². The van der Waals surface area contributed by atoms with Crippen molar-refractivity contribution in [2.24, 2.45) is 5.41 Å². The minimum Gasteiger partial charge on any atom is -0.294 e. The molecule has 1 nitrogen and oxygen atoms in total. The van der Waals surface area contributed by atoms with Gasteiger partial charge in [0.15, 0.2) is 5.78 Å². The highest BCUT2D eigenvalue weighted by Crippen LogP contribution is 2.30. The number of rotatable bonds is 7. The molecule has 0 fully saturated rings. The topological polar surface area (TPSA) is 17.1 Å². The van der Waals surface area contributed by atoms with Crippen molar-refractivity contribution in [3.8, 4) is 0 Å². The Morgan fingerprint density at radius 1 is 0.913 bits per heavy atom. The van der Waals surface area contributed by atoms with E-state index in [9.17, 15) is 4.79 Å². The largest absolute Gasteiger partial charge is 0.294 e. The quantitative estimate of drug-likeness (QED) is 0.552. The Labute approximate surface area is 140 Å². The van der Waals surface area contributed by atoms with Gasteiger partial charge in [0.25, 0.3) is 0 Å². The molecule has 1 heteroatoms. The molecule has 0 spiro atoms. The maximum atomic E-state index is 12.6. The highest BCUT2D eigenvalue weighted by Gasteiger charge is 2.18. The summed E-state index contributed by atoms with van der Waals surface area (Å²) >= 11 is 0. The van der Waals surface area contributed by atoms with Crippen molar-refractivity contribution in [3.05, 3.63) is 71.8 Å². The molecule has 0 aliphatic heterocycles. The van der Waals surface area contributed by atoms with Crippen LogP contribution >= 0.6 is 0 Å². The molecule has 23 heavy (non-hydrogen) atoms. The van der Waals surface area contributed by atoms with E-state index in [1.807, 2.05) is 36.4 Å². The average molecular weight is 308 g/mol. The van der Waals surface area contributed by atoms with E-state index in [1.54, 1.807) is 0 Å². The molecule has 0 N–H and O–H groups in total. The predicted octanol–water partition coefficient (Wildman–Crippen LogP) is 6.26. The van der Waals surface area contributed by atoms with Crippen LogP contribution in [0.2, 0.25) is 0 Å². The fourth-order valence-corrected chi connectivity index (χ4v) is 2.96. The smallest absolute Gasteiger partial charge is 0.163 e. The third-order valence-electron chi connectivity index (χ3n) is 4.28. The van der Waals surface area contributed by atoms with Gasteiger partial charge in [0.1, 0.15) is 0 Å². The second-order valence-corrected chi connectivity index (χ2v) is 7.55. The third kappa shape index (κ3) is 6.02. The van der Waals surface area contributed by atoms with Crippen LogP contribution in [0.15, 0.2) is 60.7 Å². The van der Waals surface area contributed by atoms with Gasteiger partial charge in [-0.1, -0.05) is 87.9 Å². The first-order chi connectivity index (χ1) is 11.0. The van der Waals surface area contributed by atoms with Crippen LogP contribution in [0.5, 0.6) is 0 Å². The third-order valence-corrected chi connectivity index (χ3v) is 4.28. The lowest BCUT2D eigenvalue weighted by Crippen LogP contribution is -2.10. The molecule has 2 aromatic carbocycles. The minimum atomic E-state index is 0.246. The van der Waals surface area contributed by atoms with Crippen molar-refractivity contribution in [1.82, 2.24) is 0 Å². The fraction of sp³-hybridized carbons (Fsp3) is 0.409. The summed E-state index contributed by atoms with van der Waals surface area (Å²) in [6.07, 6.45) is 4.01. The second kappa shape index (κ2) is 8.10. The fourth-order valence-electron chi connectivity index (χ4n) is 2.96. The van der Waals surface area contributed by atoms with Crippen LogP contribution < -0.4 is 0 Å². The molecule has 1 unspecified atom stereocenters. The van der Waals surface area contributed by atoms with E-state index < -0.39 is 0 Å². The molecule has 0 amide bonds. The molecule has 2 aromatic rings. The van der Waals surface area contributed by atoms with E-state index >= 15 is 0 Å². The maximum absolute atomic E-state index is 12.6. The van der Waals surface area contributed by atoms with E-state index in [4.69, 9.17) is 0 Å². The van der Waals surface area contributed by atoms with E-state index in [0.717, 1.165) is 18.4 Å². The first kappa shape index (κ1) is 17.5. The summed E-state index contributed by atoms with van der Waals surface area (Å²) in [5.74, 6) is 0.557. The van der Waals surface area contributed by atoms with Gasteiger partial charge in [0.05, 0.1) is 0 Å². The Hall–Kier alpha value is -1.89. The Morgan fingerprint density at radius 3 is 2.04 bits per heavy atom. The molecule has 0 aliphatic carbocycles. The zero-order chi connectivity index (χ0) is 16.7. The summed E-state index contributed by atoms with van der Waals surface area (Å²) in [7, 11) is 0. The summed E-state index contributed by atoms with van der Waals surface area (Å²) in [6, 6.07) is 20.1. The molecule has 1 atom stereocenters. The van der Waals surface area contributed by atoms with Crippen LogP contribution in [0.3, 0.4) is 0 Å². The standard InChI is InChI=1S/C22H28O/c1-22(2,3)16-10-15-20(18-11-6-4-7-12-18)17-21(23)19-13-8-5-9-14-19/h4-9,11-14,20H,10,15-17H2,1-3H3. The predicted molar refractivity (Wildman–Crippen MR) is 97.9 cm³/mol. The van der Waals surface area contributed by atoms with Gasteiger partial charge in [0.2, 0.25) is 0 Å². The zero-order valence-corrected chi connectivity index (χ0v) is 14.6. The monoisotopic (exact) mass is 308 g/mol. The highest BCUT2D eigenvalue weighted by atomic mass is 16.1. The van der Waals surface area contributed by atoms with Crippen molar-refractivity contribution in [3.63, 3.8) is 0 Å². The van der Waals surface area contributed by atoms with E-state index in [1.165, 1.54) is 12.0 Å². The molecule has 0 bridgehead atoms. The number of benzene rings is 2. The van der Waals surface area contributed by atoms with Gasteiger partial charge < -0.3 is 0 Å². The molecular weight excluding hydrogens is 280 g/mol. The van der Waals surface area contributed by atoms with Crippen molar-refractivity contribution in [2.75, 3.05) is 0 Å². The van der Waals surface area contributed by atoms with Gasteiger partial charge >= 0.3 is 0 Å². The van der Waals surface area contributed by atoms with E-state index in [2.05, 4.69) is 45.0 Å². The highest BCUT2D eigenvalue weighted by molar-refractivity contribution is 5.96. The van der Waals surface area contributed by atoms with Crippen LogP contribution in [0.25, 0.3) is 0 Å². The molecule has 0 radical (unpaired) electrons. The van der Waals surface area contributed by atoms with Crippen molar-refractivity contribution < 1.29 is 4.79 Å². The molecule has 0 aliphatic rings. The lowest BCUT2D eigenvalue weighted by Gasteiger charge is -2.21. The van der Waals surface area contributed by atoms with Gasteiger partial charge in [-0.25, -0.2) is 0 Å². The number of Topliss-reactive ketones (excluding diaryl/α,β-unsaturated/α-hetero) is 1. The van der Waals surface area contributed by atoms with E-state index in [0.29, 0.717) is 17.8 Å². The average Bonchev–Trinajstić information content (AvgIpc) is 2.54. The summed E-state index contributed by atoms with van der Waals surface area (Å²) in [6.45, 7) is 6.83.